The van der Waals surface area contributed by atoms with Gasteiger partial charge in [-0.2, -0.15) is 10.2 Å². The second-order valence-electron chi connectivity index (χ2n) is 5.96. The van der Waals surface area contributed by atoms with E-state index in [2.05, 4.69) is 25.6 Å². The summed E-state index contributed by atoms with van der Waals surface area (Å²) in [5.41, 5.74) is 9.86. The summed E-state index contributed by atoms with van der Waals surface area (Å²) >= 11 is 0. The number of hydrogen-bond donors (Lipinski definition) is 3. The maximum Gasteiger partial charge on any atom is 0.157 e. The average molecular weight is 359 g/mol. The van der Waals surface area contributed by atoms with Crippen molar-refractivity contribution in [3.8, 4) is 11.3 Å². The third kappa shape index (κ3) is 3.04. The van der Waals surface area contributed by atoms with Gasteiger partial charge in [0.25, 0.3) is 0 Å². The zero-order valence-electron chi connectivity index (χ0n) is 14.5. The molecule has 0 aliphatic carbocycles. The SMILES string of the molecule is Cn1nc(N)c(-c2ccccn2)c1N/C(=C\C=O)c1ccc2[nH]ncc2c1. The number of nitrogen functional groups attached to an aromatic ring is 1. The number of aryl methyl sites for hydroxylation is 1. The molecule has 0 radical (unpaired) electrons. The Bertz CT molecular complexity index is 1140. The molecule has 3 aromatic heterocycles. The number of rotatable bonds is 5. The summed E-state index contributed by atoms with van der Waals surface area (Å²) in [4.78, 5) is 15.6. The molecule has 4 aromatic rings. The molecule has 0 amide bonds. The van der Waals surface area contributed by atoms with Crippen LogP contribution >= 0.6 is 0 Å². The highest BCUT2D eigenvalue weighted by Gasteiger charge is 2.18. The summed E-state index contributed by atoms with van der Waals surface area (Å²) in [7, 11) is 1.78. The molecule has 4 N–H and O–H groups in total. The van der Waals surface area contributed by atoms with Crippen molar-refractivity contribution < 1.29 is 4.79 Å². The average Bonchev–Trinajstić information content (AvgIpc) is 3.25. The van der Waals surface area contributed by atoms with Crippen LogP contribution in [0.1, 0.15) is 5.56 Å². The summed E-state index contributed by atoms with van der Waals surface area (Å²) in [6.07, 6.45) is 5.63. The molecule has 0 spiro atoms. The number of aromatic amines is 1. The Hall–Kier alpha value is -3.94. The van der Waals surface area contributed by atoms with Crippen molar-refractivity contribution in [3.05, 3.63) is 60.4 Å². The molecule has 8 nitrogen and oxygen atoms in total. The van der Waals surface area contributed by atoms with Gasteiger partial charge in [-0.3, -0.25) is 14.9 Å². The number of nitrogens with two attached hydrogens (primary N) is 1. The van der Waals surface area contributed by atoms with Gasteiger partial charge in [-0.15, -0.1) is 0 Å². The van der Waals surface area contributed by atoms with Crippen LogP contribution < -0.4 is 11.1 Å². The van der Waals surface area contributed by atoms with E-state index in [0.717, 1.165) is 22.8 Å². The van der Waals surface area contributed by atoms with Crippen molar-refractivity contribution in [1.82, 2.24) is 25.0 Å². The first-order valence-corrected chi connectivity index (χ1v) is 8.27. The highest BCUT2D eigenvalue weighted by Crippen LogP contribution is 2.33. The molecule has 4 rings (SSSR count). The van der Waals surface area contributed by atoms with Crippen LogP contribution in [-0.2, 0) is 11.8 Å². The second kappa shape index (κ2) is 6.75. The molecule has 0 aliphatic rings. The monoisotopic (exact) mass is 359 g/mol. The maximum absolute atomic E-state index is 11.2. The minimum atomic E-state index is 0.356. The normalized spacial score (nSPS) is 11.7. The molecule has 3 heterocycles. The summed E-state index contributed by atoms with van der Waals surface area (Å²) in [6.45, 7) is 0. The van der Waals surface area contributed by atoms with Crippen LogP contribution in [0.2, 0.25) is 0 Å². The van der Waals surface area contributed by atoms with Crippen LogP contribution in [0.5, 0.6) is 0 Å². The topological polar surface area (TPSA) is 115 Å². The van der Waals surface area contributed by atoms with E-state index in [1.54, 1.807) is 24.1 Å². The van der Waals surface area contributed by atoms with Gasteiger partial charge in [0.05, 0.1) is 28.7 Å². The lowest BCUT2D eigenvalue weighted by atomic mass is 10.1. The van der Waals surface area contributed by atoms with Crippen molar-refractivity contribution in [2.24, 2.45) is 7.05 Å². The Morgan fingerprint density at radius 3 is 2.96 bits per heavy atom. The standard InChI is InChI=1S/C19H17N7O/c1-26-19(17(18(20)25-26)16-4-2-3-8-21-16)23-14(7-9-27)12-5-6-15-13(10-12)11-22-24-15/h2-11,23H,1H3,(H2,20,25)(H,22,24)/b14-7-. The minimum absolute atomic E-state index is 0.356. The van der Waals surface area contributed by atoms with Crippen LogP contribution in [0, 0.1) is 0 Å². The van der Waals surface area contributed by atoms with Gasteiger partial charge in [-0.25, -0.2) is 4.68 Å². The lowest BCUT2D eigenvalue weighted by molar-refractivity contribution is -0.104. The first kappa shape index (κ1) is 16.5. The fourth-order valence-corrected chi connectivity index (χ4v) is 2.97. The molecule has 8 heteroatoms. The lowest BCUT2D eigenvalue weighted by Crippen LogP contribution is -2.06. The first-order chi connectivity index (χ1) is 13.2. The predicted octanol–water partition coefficient (Wildman–Crippen LogP) is 2.59. The minimum Gasteiger partial charge on any atom is -0.382 e. The predicted molar refractivity (Wildman–Crippen MR) is 105 cm³/mol. The van der Waals surface area contributed by atoms with E-state index in [4.69, 9.17) is 5.73 Å². The highest BCUT2D eigenvalue weighted by molar-refractivity contribution is 5.94. The van der Waals surface area contributed by atoms with Gasteiger partial charge in [-0.05, 0) is 29.8 Å². The number of H-pyrrole nitrogens is 1. The van der Waals surface area contributed by atoms with Gasteiger partial charge < -0.3 is 11.1 Å². The summed E-state index contributed by atoms with van der Waals surface area (Å²) in [5, 5.41) is 15.5. The second-order valence-corrected chi connectivity index (χ2v) is 5.96. The van der Waals surface area contributed by atoms with Crippen LogP contribution in [0.25, 0.3) is 27.9 Å². The van der Waals surface area contributed by atoms with Gasteiger partial charge >= 0.3 is 0 Å². The number of fused-ring (bicyclic) bond motifs is 1. The molecular formula is C19H17N7O. The summed E-state index contributed by atoms with van der Waals surface area (Å²) in [6, 6.07) is 11.3. The molecule has 134 valence electrons. The fraction of sp³-hybridized carbons (Fsp3) is 0.0526. The largest absolute Gasteiger partial charge is 0.382 e. The van der Waals surface area contributed by atoms with Crippen molar-refractivity contribution >= 4 is 34.5 Å². The Balaban J connectivity index is 1.79. The molecule has 0 unspecified atom stereocenters. The Morgan fingerprint density at radius 1 is 1.30 bits per heavy atom. The van der Waals surface area contributed by atoms with E-state index < -0.39 is 0 Å². The molecule has 0 fully saturated rings. The van der Waals surface area contributed by atoms with Crippen LogP contribution in [-0.4, -0.2) is 31.2 Å². The molecule has 27 heavy (non-hydrogen) atoms. The zero-order valence-corrected chi connectivity index (χ0v) is 14.5. The smallest absolute Gasteiger partial charge is 0.157 e. The number of allylic oxidation sites excluding steroid dienone is 1. The van der Waals surface area contributed by atoms with Gasteiger partial charge in [0, 0.05) is 24.7 Å². The van der Waals surface area contributed by atoms with E-state index in [0.29, 0.717) is 28.6 Å². The number of nitrogens with one attached hydrogen (secondary N) is 2. The van der Waals surface area contributed by atoms with E-state index in [-0.39, 0.29) is 0 Å². The Kier molecular flexibility index (Phi) is 4.13. The molecule has 0 saturated heterocycles. The van der Waals surface area contributed by atoms with Crippen molar-refractivity contribution in [2.45, 2.75) is 0 Å². The third-order valence-corrected chi connectivity index (χ3v) is 4.23. The maximum atomic E-state index is 11.2. The van der Waals surface area contributed by atoms with E-state index in [9.17, 15) is 4.79 Å². The Morgan fingerprint density at radius 2 is 2.19 bits per heavy atom. The van der Waals surface area contributed by atoms with Crippen molar-refractivity contribution in [3.63, 3.8) is 0 Å². The number of hydrogen-bond acceptors (Lipinski definition) is 6. The number of nitrogens with zero attached hydrogens (tertiary/aromatic N) is 4. The van der Waals surface area contributed by atoms with Crippen molar-refractivity contribution in [1.29, 1.82) is 0 Å². The van der Waals surface area contributed by atoms with Crippen LogP contribution in [0.3, 0.4) is 0 Å². The van der Waals surface area contributed by atoms with E-state index in [1.165, 1.54) is 6.08 Å². The number of aromatic nitrogens is 5. The molecule has 1 aromatic carbocycles. The molecular weight excluding hydrogens is 342 g/mol. The van der Waals surface area contributed by atoms with Crippen LogP contribution in [0.15, 0.2) is 54.9 Å². The van der Waals surface area contributed by atoms with E-state index in [1.807, 2.05) is 36.4 Å². The number of benzene rings is 1. The third-order valence-electron chi connectivity index (χ3n) is 4.23. The van der Waals surface area contributed by atoms with E-state index >= 15 is 0 Å². The van der Waals surface area contributed by atoms with Gasteiger partial charge in [-0.1, -0.05) is 12.1 Å². The highest BCUT2D eigenvalue weighted by atomic mass is 16.1. The summed E-state index contributed by atoms with van der Waals surface area (Å²) < 4.78 is 1.63. The zero-order chi connectivity index (χ0) is 18.8. The summed E-state index contributed by atoms with van der Waals surface area (Å²) in [5.74, 6) is 1.00. The molecule has 0 bridgehead atoms. The lowest BCUT2D eigenvalue weighted by Gasteiger charge is -2.13. The van der Waals surface area contributed by atoms with Crippen molar-refractivity contribution in [2.75, 3.05) is 11.1 Å². The van der Waals surface area contributed by atoms with Crippen LogP contribution in [0.4, 0.5) is 11.6 Å². The quantitative estimate of drug-likeness (QED) is 0.373. The van der Waals surface area contributed by atoms with Gasteiger partial charge in [0.15, 0.2) is 5.82 Å². The molecule has 0 atom stereocenters. The fourth-order valence-electron chi connectivity index (χ4n) is 2.97. The molecule has 0 saturated carbocycles. The Labute approximate surface area is 154 Å². The number of anilines is 2. The number of aldehydes is 1. The first-order valence-electron chi connectivity index (χ1n) is 8.27. The van der Waals surface area contributed by atoms with Gasteiger partial charge in [0.2, 0.25) is 0 Å². The number of carbonyl (C=O) groups is 1. The number of pyridine rings is 1. The molecule has 0 aliphatic heterocycles. The van der Waals surface area contributed by atoms with Gasteiger partial charge in [0.1, 0.15) is 12.1 Å². The number of carbonyl (C=O) groups excluding carboxylic acids is 1.